The highest BCUT2D eigenvalue weighted by Gasteiger charge is 2.37. The first kappa shape index (κ1) is 22.9. The lowest BCUT2D eigenvalue weighted by Crippen LogP contribution is -2.37. The van der Waals surface area contributed by atoms with Gasteiger partial charge in [-0.1, -0.05) is 54.6 Å². The van der Waals surface area contributed by atoms with Crippen molar-refractivity contribution in [2.24, 2.45) is 14.1 Å². The number of hydrogen-bond acceptors (Lipinski definition) is 4. The normalized spacial score (nSPS) is 14.2. The molecule has 0 fully saturated rings. The predicted molar refractivity (Wildman–Crippen MR) is 144 cm³/mol. The molecule has 2 aromatic heterocycles. The molecular formula is C30H27N3O4. The van der Waals surface area contributed by atoms with Crippen molar-refractivity contribution in [2.75, 3.05) is 6.61 Å². The molecule has 0 unspecified atom stereocenters. The van der Waals surface area contributed by atoms with Crippen LogP contribution in [0.3, 0.4) is 0 Å². The average molecular weight is 494 g/mol. The third-order valence-corrected chi connectivity index (χ3v) is 7.11. The van der Waals surface area contributed by atoms with Crippen molar-refractivity contribution >= 4 is 10.9 Å². The predicted octanol–water partition coefficient (Wildman–Crippen LogP) is 4.88. The molecule has 7 heteroatoms. The Hall–Kier alpha value is -4.52. The third kappa shape index (κ3) is 3.27. The molecule has 1 aliphatic rings. The number of fused-ring (bicyclic) bond motifs is 5. The van der Waals surface area contributed by atoms with Gasteiger partial charge in [-0.15, -0.1) is 0 Å². The lowest BCUT2D eigenvalue weighted by Gasteiger charge is -2.31. The fourth-order valence-electron chi connectivity index (χ4n) is 5.40. The molecule has 0 aliphatic carbocycles. The summed E-state index contributed by atoms with van der Waals surface area (Å²) >= 11 is 0. The van der Waals surface area contributed by atoms with Gasteiger partial charge in [-0.2, -0.15) is 0 Å². The van der Waals surface area contributed by atoms with Crippen molar-refractivity contribution in [3.63, 3.8) is 0 Å². The maximum absolute atomic E-state index is 13.8. The number of aromatic nitrogens is 3. The minimum atomic E-state index is -0.615. The van der Waals surface area contributed by atoms with E-state index in [-0.39, 0.29) is 5.56 Å². The Kier molecular flexibility index (Phi) is 5.30. The Labute approximate surface area is 213 Å². The molecule has 1 atom stereocenters. The van der Waals surface area contributed by atoms with Crippen LogP contribution in [0, 0.1) is 6.92 Å². The summed E-state index contributed by atoms with van der Waals surface area (Å²) < 4.78 is 17.5. The quantitative estimate of drug-likeness (QED) is 0.358. The van der Waals surface area contributed by atoms with Gasteiger partial charge in [-0.05, 0) is 37.6 Å². The molecule has 0 saturated carbocycles. The highest BCUT2D eigenvalue weighted by atomic mass is 16.5. The monoisotopic (exact) mass is 493 g/mol. The van der Waals surface area contributed by atoms with Crippen LogP contribution in [-0.4, -0.2) is 20.3 Å². The maximum atomic E-state index is 13.8. The number of para-hydroxylation sites is 3. The van der Waals surface area contributed by atoms with Crippen LogP contribution in [0.5, 0.6) is 11.5 Å². The maximum Gasteiger partial charge on any atom is 0.331 e. The summed E-state index contributed by atoms with van der Waals surface area (Å²) in [4.78, 5) is 27.0. The highest BCUT2D eigenvalue weighted by Crippen LogP contribution is 2.48. The van der Waals surface area contributed by atoms with Crippen LogP contribution in [-0.2, 0) is 14.1 Å². The molecule has 7 nitrogen and oxygen atoms in total. The molecule has 0 amide bonds. The van der Waals surface area contributed by atoms with Gasteiger partial charge >= 0.3 is 5.69 Å². The zero-order chi connectivity index (χ0) is 25.8. The lowest BCUT2D eigenvalue weighted by atomic mass is 10.0. The number of nitrogens with zero attached hydrogens (tertiary/aromatic N) is 3. The molecule has 1 aliphatic heterocycles. The van der Waals surface area contributed by atoms with E-state index in [1.54, 1.807) is 11.6 Å². The van der Waals surface area contributed by atoms with Gasteiger partial charge in [0.1, 0.15) is 11.5 Å². The summed E-state index contributed by atoms with van der Waals surface area (Å²) in [5.74, 6) is 1.38. The topological polar surface area (TPSA) is 67.4 Å². The van der Waals surface area contributed by atoms with Crippen molar-refractivity contribution in [3.8, 4) is 28.4 Å². The summed E-state index contributed by atoms with van der Waals surface area (Å²) in [6.45, 7) is 4.46. The van der Waals surface area contributed by atoms with Crippen molar-refractivity contribution in [1.29, 1.82) is 0 Å². The molecule has 6 rings (SSSR count). The molecule has 0 saturated heterocycles. The van der Waals surface area contributed by atoms with E-state index in [9.17, 15) is 9.59 Å². The minimum absolute atomic E-state index is 0.340. The van der Waals surface area contributed by atoms with Crippen LogP contribution in [0.15, 0.2) is 82.4 Å². The zero-order valence-corrected chi connectivity index (χ0v) is 21.2. The first-order chi connectivity index (χ1) is 17.9. The molecule has 37 heavy (non-hydrogen) atoms. The second-order valence-electron chi connectivity index (χ2n) is 9.25. The highest BCUT2D eigenvalue weighted by molar-refractivity contribution is 5.99. The van der Waals surface area contributed by atoms with Gasteiger partial charge in [-0.25, -0.2) is 4.79 Å². The van der Waals surface area contributed by atoms with Crippen LogP contribution < -0.4 is 20.7 Å². The first-order valence-corrected chi connectivity index (χ1v) is 12.3. The Morgan fingerprint density at radius 2 is 1.59 bits per heavy atom. The van der Waals surface area contributed by atoms with Gasteiger partial charge < -0.3 is 14.0 Å². The summed E-state index contributed by atoms with van der Waals surface area (Å²) in [7, 11) is 3.23. The Morgan fingerprint density at radius 3 is 2.38 bits per heavy atom. The fraction of sp³-hybridized carbons (Fsp3) is 0.200. The van der Waals surface area contributed by atoms with Crippen LogP contribution >= 0.6 is 0 Å². The van der Waals surface area contributed by atoms with Crippen LogP contribution in [0.4, 0.5) is 0 Å². The van der Waals surface area contributed by atoms with E-state index in [0.29, 0.717) is 29.0 Å². The number of aryl methyl sites for hydroxylation is 2. The van der Waals surface area contributed by atoms with E-state index in [4.69, 9.17) is 9.47 Å². The van der Waals surface area contributed by atoms with Gasteiger partial charge in [-0.3, -0.25) is 13.9 Å². The van der Waals surface area contributed by atoms with E-state index in [1.165, 1.54) is 11.6 Å². The van der Waals surface area contributed by atoms with Crippen LogP contribution in [0.1, 0.15) is 29.8 Å². The fourth-order valence-corrected chi connectivity index (χ4v) is 5.40. The minimum Gasteiger partial charge on any atom is -0.493 e. The van der Waals surface area contributed by atoms with Gasteiger partial charge in [0.25, 0.3) is 5.56 Å². The Balaban J connectivity index is 1.86. The first-order valence-electron chi connectivity index (χ1n) is 12.3. The molecule has 0 bridgehead atoms. The summed E-state index contributed by atoms with van der Waals surface area (Å²) in [5, 5.41) is 0.480. The standard InChI is InChI=1S/C30H27N3O4/c1-5-36-22-16-10-8-14-20(22)28-27-26-24(29(34)32(4)30(35)31(26)3)25(19-13-7-6-12-18(19)2)33(27)21-15-9-11-17-23(21)37-28/h6-17,28H,5H2,1-4H3/t28-/m0/s1. The molecule has 0 N–H and O–H groups in total. The molecule has 0 spiro atoms. The second kappa shape index (κ2) is 8.55. The van der Waals surface area contributed by atoms with E-state index in [2.05, 4.69) is 4.57 Å². The van der Waals surface area contributed by atoms with E-state index >= 15 is 0 Å². The van der Waals surface area contributed by atoms with Crippen molar-refractivity contribution in [3.05, 3.63) is 110 Å². The van der Waals surface area contributed by atoms with E-state index in [0.717, 1.165) is 33.8 Å². The molecule has 0 radical (unpaired) electrons. The molecule has 186 valence electrons. The molecule has 3 aromatic carbocycles. The number of hydrogen-bond donors (Lipinski definition) is 0. The summed E-state index contributed by atoms with van der Waals surface area (Å²) in [6.07, 6.45) is -0.615. The average Bonchev–Trinajstić information content (AvgIpc) is 3.27. The molecular weight excluding hydrogens is 466 g/mol. The lowest BCUT2D eigenvalue weighted by molar-refractivity contribution is 0.220. The van der Waals surface area contributed by atoms with Crippen molar-refractivity contribution in [2.45, 2.75) is 20.0 Å². The Bertz CT molecular complexity index is 1810. The van der Waals surface area contributed by atoms with E-state index in [1.807, 2.05) is 86.6 Å². The van der Waals surface area contributed by atoms with Crippen LogP contribution in [0.2, 0.25) is 0 Å². The largest absolute Gasteiger partial charge is 0.493 e. The van der Waals surface area contributed by atoms with Crippen LogP contribution in [0.25, 0.3) is 27.8 Å². The third-order valence-electron chi connectivity index (χ3n) is 7.11. The van der Waals surface area contributed by atoms with Gasteiger partial charge in [0.15, 0.2) is 6.10 Å². The Morgan fingerprint density at radius 1 is 0.892 bits per heavy atom. The zero-order valence-electron chi connectivity index (χ0n) is 21.2. The summed E-state index contributed by atoms with van der Waals surface area (Å²) in [5.41, 5.74) is 4.86. The van der Waals surface area contributed by atoms with E-state index < -0.39 is 11.8 Å². The number of rotatable bonds is 4. The van der Waals surface area contributed by atoms with Gasteiger partial charge in [0.2, 0.25) is 0 Å². The van der Waals surface area contributed by atoms with Gasteiger partial charge in [0, 0.05) is 25.2 Å². The molecule has 3 heterocycles. The smallest absolute Gasteiger partial charge is 0.331 e. The van der Waals surface area contributed by atoms with Crippen molar-refractivity contribution in [1.82, 2.24) is 13.7 Å². The van der Waals surface area contributed by atoms with Crippen molar-refractivity contribution < 1.29 is 9.47 Å². The SMILES string of the molecule is CCOc1ccccc1[C@@H]1Oc2ccccc2-n2c(-c3ccccc3C)c3c(=O)n(C)c(=O)n(C)c3c21. The number of benzene rings is 3. The molecule has 5 aromatic rings. The second-order valence-corrected chi connectivity index (χ2v) is 9.25. The summed E-state index contributed by atoms with van der Waals surface area (Å²) in [6, 6.07) is 23.5. The number of ether oxygens (including phenoxy) is 2. The van der Waals surface area contributed by atoms with Gasteiger partial charge in [0.05, 0.1) is 34.6 Å².